The van der Waals surface area contributed by atoms with Crippen LogP contribution in [0.3, 0.4) is 0 Å². The lowest BCUT2D eigenvalue weighted by atomic mass is 10.3. The van der Waals surface area contributed by atoms with Crippen molar-refractivity contribution in [2.45, 2.75) is 13.5 Å². The highest BCUT2D eigenvalue weighted by molar-refractivity contribution is 14.1. The topological polar surface area (TPSA) is 22.0 Å². The van der Waals surface area contributed by atoms with Crippen molar-refractivity contribution in [3.05, 3.63) is 44.2 Å². The van der Waals surface area contributed by atoms with E-state index in [0.717, 1.165) is 5.57 Å². The molecule has 0 unspecified atom stereocenters. The third-order valence-corrected chi connectivity index (χ3v) is 2.22. The Morgan fingerprint density at radius 1 is 1.77 bits per heavy atom. The van der Waals surface area contributed by atoms with Gasteiger partial charge in [0.25, 0.3) is 5.56 Å². The summed E-state index contributed by atoms with van der Waals surface area (Å²) in [7, 11) is 0. The minimum absolute atomic E-state index is 0.176. The van der Waals surface area contributed by atoms with E-state index in [0.29, 0.717) is 10.1 Å². The van der Waals surface area contributed by atoms with Gasteiger partial charge in [0.05, 0.1) is 3.57 Å². The van der Waals surface area contributed by atoms with Crippen molar-refractivity contribution in [2.24, 2.45) is 0 Å². The first kappa shape index (κ1) is 10.4. The lowest BCUT2D eigenvalue weighted by Crippen LogP contribution is -2.22. The molecule has 1 heterocycles. The van der Waals surface area contributed by atoms with Gasteiger partial charge in [-0.3, -0.25) is 4.79 Å². The number of hydrogen-bond donors (Lipinski definition) is 0. The van der Waals surface area contributed by atoms with Crippen LogP contribution >= 0.6 is 22.6 Å². The van der Waals surface area contributed by atoms with E-state index in [1.165, 1.54) is 16.8 Å². The molecule has 0 aromatic carbocycles. The van der Waals surface area contributed by atoms with Crippen molar-refractivity contribution in [1.29, 1.82) is 0 Å². The highest BCUT2D eigenvalue weighted by Gasteiger charge is 2.03. The molecule has 0 aliphatic heterocycles. The maximum absolute atomic E-state index is 12.9. The second kappa shape index (κ2) is 4.04. The van der Waals surface area contributed by atoms with Gasteiger partial charge in [0.2, 0.25) is 0 Å². The van der Waals surface area contributed by atoms with Crippen LogP contribution in [-0.4, -0.2) is 4.57 Å². The van der Waals surface area contributed by atoms with Gasteiger partial charge in [0, 0.05) is 12.7 Å². The first-order valence-corrected chi connectivity index (χ1v) is 4.78. The molecular weight excluding hydrogens is 284 g/mol. The molecule has 0 saturated heterocycles. The molecular formula is C9H9FINO. The summed E-state index contributed by atoms with van der Waals surface area (Å²) in [6.07, 6.45) is 1.19. The summed E-state index contributed by atoms with van der Waals surface area (Å²) in [6, 6.07) is 1.22. The van der Waals surface area contributed by atoms with Crippen molar-refractivity contribution in [3.8, 4) is 0 Å². The number of allylic oxidation sites excluding steroid dienone is 1. The molecule has 0 spiro atoms. The Hall–Kier alpha value is -0.650. The first-order chi connectivity index (χ1) is 6.00. The highest BCUT2D eigenvalue weighted by Crippen LogP contribution is 2.02. The van der Waals surface area contributed by atoms with Gasteiger partial charge in [0.1, 0.15) is 5.82 Å². The number of hydrogen-bond acceptors (Lipinski definition) is 1. The minimum Gasteiger partial charge on any atom is -0.308 e. The lowest BCUT2D eigenvalue weighted by Gasteiger charge is -2.05. The Morgan fingerprint density at radius 2 is 2.38 bits per heavy atom. The zero-order valence-electron chi connectivity index (χ0n) is 7.18. The average molecular weight is 293 g/mol. The Bertz CT molecular complexity index is 397. The van der Waals surface area contributed by atoms with Gasteiger partial charge in [-0.25, -0.2) is 4.39 Å². The Balaban J connectivity index is 3.21. The number of rotatable bonds is 2. The number of pyridine rings is 1. The number of halogens is 2. The lowest BCUT2D eigenvalue weighted by molar-refractivity contribution is 0.592. The van der Waals surface area contributed by atoms with Gasteiger partial charge >= 0.3 is 0 Å². The third-order valence-electron chi connectivity index (χ3n) is 1.45. The van der Waals surface area contributed by atoms with E-state index in [9.17, 15) is 9.18 Å². The molecule has 0 fully saturated rings. The van der Waals surface area contributed by atoms with Crippen molar-refractivity contribution < 1.29 is 4.39 Å². The molecule has 70 valence electrons. The molecule has 0 bridgehead atoms. The minimum atomic E-state index is -0.398. The summed E-state index contributed by atoms with van der Waals surface area (Å²) in [4.78, 5) is 11.4. The average Bonchev–Trinajstić information content (AvgIpc) is 1.98. The van der Waals surface area contributed by atoms with E-state index < -0.39 is 5.82 Å². The van der Waals surface area contributed by atoms with E-state index >= 15 is 0 Å². The third kappa shape index (κ3) is 2.65. The van der Waals surface area contributed by atoms with Crippen LogP contribution in [0.2, 0.25) is 0 Å². The van der Waals surface area contributed by atoms with Crippen LogP contribution in [0.5, 0.6) is 0 Å². The van der Waals surface area contributed by atoms with Crippen LogP contribution in [0.15, 0.2) is 29.2 Å². The molecule has 1 aromatic rings. The van der Waals surface area contributed by atoms with E-state index in [1.807, 2.05) is 22.6 Å². The fourth-order valence-electron chi connectivity index (χ4n) is 0.973. The summed E-state index contributed by atoms with van der Waals surface area (Å²) in [5.74, 6) is -0.398. The van der Waals surface area contributed by atoms with Gasteiger partial charge in [-0.2, -0.15) is 0 Å². The molecule has 2 nitrogen and oxygen atoms in total. The van der Waals surface area contributed by atoms with Crippen LogP contribution in [0, 0.1) is 9.39 Å². The van der Waals surface area contributed by atoms with Gasteiger partial charge in [-0.05, 0) is 35.6 Å². The molecule has 1 rings (SSSR count). The van der Waals surface area contributed by atoms with Crippen molar-refractivity contribution in [1.82, 2.24) is 4.57 Å². The number of nitrogens with zero attached hydrogens (tertiary/aromatic N) is 1. The van der Waals surface area contributed by atoms with E-state index in [1.54, 1.807) is 6.92 Å². The number of aromatic nitrogens is 1. The largest absolute Gasteiger partial charge is 0.308 e. The normalized spacial score (nSPS) is 10.1. The van der Waals surface area contributed by atoms with Crippen molar-refractivity contribution in [3.63, 3.8) is 0 Å². The van der Waals surface area contributed by atoms with Gasteiger partial charge in [0.15, 0.2) is 0 Å². The molecule has 0 aliphatic carbocycles. The molecule has 4 heteroatoms. The van der Waals surface area contributed by atoms with Crippen LogP contribution in [0.1, 0.15) is 6.92 Å². The smallest absolute Gasteiger partial charge is 0.264 e. The van der Waals surface area contributed by atoms with Gasteiger partial charge in [-0.1, -0.05) is 12.2 Å². The van der Waals surface area contributed by atoms with Crippen molar-refractivity contribution >= 4 is 22.6 Å². The summed E-state index contributed by atoms with van der Waals surface area (Å²) < 4.78 is 14.6. The zero-order chi connectivity index (χ0) is 10.0. The van der Waals surface area contributed by atoms with Gasteiger partial charge in [-0.15, -0.1) is 0 Å². The molecule has 0 radical (unpaired) electrons. The van der Waals surface area contributed by atoms with E-state index in [-0.39, 0.29) is 5.56 Å². The molecule has 0 aliphatic rings. The quantitative estimate of drug-likeness (QED) is 0.605. The fraction of sp³-hybridized carbons (Fsp3) is 0.222. The van der Waals surface area contributed by atoms with Crippen molar-refractivity contribution in [2.75, 3.05) is 0 Å². The zero-order valence-corrected chi connectivity index (χ0v) is 9.34. The Labute approximate surface area is 89.2 Å². The molecule has 0 amide bonds. The van der Waals surface area contributed by atoms with Gasteiger partial charge < -0.3 is 4.57 Å². The maximum Gasteiger partial charge on any atom is 0.264 e. The SMILES string of the molecule is C=C(C)Cn1cc(F)cc(I)c1=O. The Kier molecular flexibility index (Phi) is 3.24. The predicted octanol–water partition coefficient (Wildman–Crippen LogP) is 2.17. The second-order valence-corrected chi connectivity index (χ2v) is 4.06. The standard InChI is InChI=1S/C9H9FINO/c1-6(2)4-12-5-7(10)3-8(11)9(12)13/h3,5H,1,4H2,2H3. The molecule has 13 heavy (non-hydrogen) atoms. The molecule has 0 saturated carbocycles. The Morgan fingerprint density at radius 3 is 2.92 bits per heavy atom. The van der Waals surface area contributed by atoms with E-state index in [2.05, 4.69) is 6.58 Å². The van der Waals surface area contributed by atoms with Crippen LogP contribution < -0.4 is 5.56 Å². The van der Waals surface area contributed by atoms with Crippen LogP contribution in [0.25, 0.3) is 0 Å². The van der Waals surface area contributed by atoms with Crippen LogP contribution in [-0.2, 0) is 6.54 Å². The summed E-state index contributed by atoms with van der Waals surface area (Å²) >= 11 is 1.82. The highest BCUT2D eigenvalue weighted by atomic mass is 127. The summed E-state index contributed by atoms with van der Waals surface area (Å²) in [6.45, 7) is 5.83. The summed E-state index contributed by atoms with van der Waals surface area (Å²) in [5, 5.41) is 0. The van der Waals surface area contributed by atoms with Crippen LogP contribution in [0.4, 0.5) is 4.39 Å². The molecule has 0 N–H and O–H groups in total. The predicted molar refractivity (Wildman–Crippen MR) is 58.2 cm³/mol. The molecule has 0 atom stereocenters. The maximum atomic E-state index is 12.9. The monoisotopic (exact) mass is 293 g/mol. The fourth-order valence-corrected chi connectivity index (χ4v) is 1.58. The first-order valence-electron chi connectivity index (χ1n) is 3.70. The second-order valence-electron chi connectivity index (χ2n) is 2.90. The van der Waals surface area contributed by atoms with E-state index in [4.69, 9.17) is 0 Å². The summed E-state index contributed by atoms with van der Waals surface area (Å²) in [5.41, 5.74) is 0.647. The molecule has 1 aromatic heterocycles.